The minimum atomic E-state index is -4.62. The Kier molecular flexibility index (Phi) is 6.10. The molecule has 0 fully saturated rings. The van der Waals surface area contributed by atoms with Crippen LogP contribution in [0.25, 0.3) is 66.1 Å². The second-order valence-electron chi connectivity index (χ2n) is 11.7. The number of nitrogens with zero attached hydrogens (tertiary/aromatic N) is 3. The average Bonchev–Trinajstić information content (AvgIpc) is 3.59. The van der Waals surface area contributed by atoms with Crippen molar-refractivity contribution in [1.29, 1.82) is 5.26 Å². The molecule has 8 aromatic rings. The summed E-state index contributed by atoms with van der Waals surface area (Å²) in [5, 5.41) is 14.4. The zero-order valence-corrected chi connectivity index (χ0v) is 25.0. The van der Waals surface area contributed by atoms with Crippen molar-refractivity contribution in [3.8, 4) is 28.6 Å². The van der Waals surface area contributed by atoms with Gasteiger partial charge in [0.2, 0.25) is 0 Å². The Morgan fingerprint density at radius 2 is 1.02 bits per heavy atom. The van der Waals surface area contributed by atoms with Crippen molar-refractivity contribution >= 4 is 43.6 Å². The van der Waals surface area contributed by atoms with Crippen molar-refractivity contribution in [3.63, 3.8) is 0 Å². The molecule has 2 heterocycles. The van der Waals surface area contributed by atoms with Crippen molar-refractivity contribution in [2.75, 3.05) is 0 Å². The van der Waals surface area contributed by atoms with Gasteiger partial charge in [0.1, 0.15) is 0 Å². The first-order valence-corrected chi connectivity index (χ1v) is 15.0. The molecule has 0 aliphatic heterocycles. The molecule has 6 heteroatoms. The molecular formula is C40H26F3N3. The van der Waals surface area contributed by atoms with Crippen LogP contribution >= 0.6 is 0 Å². The number of aryl methyl sites for hydroxylation is 2. The van der Waals surface area contributed by atoms with Gasteiger partial charge < -0.3 is 9.13 Å². The van der Waals surface area contributed by atoms with Crippen LogP contribution in [-0.4, -0.2) is 9.13 Å². The maximum atomic E-state index is 14.9. The van der Waals surface area contributed by atoms with Crippen molar-refractivity contribution in [3.05, 3.63) is 144 Å². The fourth-order valence-electron chi connectivity index (χ4n) is 7.13. The van der Waals surface area contributed by atoms with E-state index in [0.29, 0.717) is 22.5 Å². The molecule has 0 bridgehead atoms. The first-order valence-electron chi connectivity index (χ1n) is 15.0. The second-order valence-corrected chi connectivity index (χ2v) is 11.7. The summed E-state index contributed by atoms with van der Waals surface area (Å²) < 4.78 is 48.8. The molecule has 0 N–H and O–H groups in total. The monoisotopic (exact) mass is 605 g/mol. The van der Waals surface area contributed by atoms with E-state index < -0.39 is 11.7 Å². The lowest BCUT2D eigenvalue weighted by Crippen LogP contribution is -2.11. The van der Waals surface area contributed by atoms with Gasteiger partial charge in [0.05, 0.1) is 50.6 Å². The summed E-state index contributed by atoms with van der Waals surface area (Å²) in [4.78, 5) is 0. The van der Waals surface area contributed by atoms with Gasteiger partial charge in [-0.05, 0) is 60.9 Å². The molecule has 46 heavy (non-hydrogen) atoms. The van der Waals surface area contributed by atoms with Gasteiger partial charge in [-0.2, -0.15) is 18.4 Å². The topological polar surface area (TPSA) is 33.6 Å². The number of hydrogen-bond acceptors (Lipinski definition) is 1. The summed E-state index contributed by atoms with van der Waals surface area (Å²) in [5.41, 5.74) is 6.45. The van der Waals surface area contributed by atoms with Crippen molar-refractivity contribution < 1.29 is 13.2 Å². The third-order valence-corrected chi connectivity index (χ3v) is 9.00. The molecule has 0 radical (unpaired) electrons. The zero-order chi connectivity index (χ0) is 31.7. The second kappa shape index (κ2) is 10.1. The van der Waals surface area contributed by atoms with E-state index in [9.17, 15) is 18.4 Å². The van der Waals surface area contributed by atoms with Crippen LogP contribution in [0.3, 0.4) is 0 Å². The van der Waals surface area contributed by atoms with E-state index in [2.05, 4.69) is 6.07 Å². The smallest absolute Gasteiger partial charge is 0.308 e. The van der Waals surface area contributed by atoms with E-state index in [-0.39, 0.29) is 5.56 Å². The van der Waals surface area contributed by atoms with Gasteiger partial charge in [-0.25, -0.2) is 0 Å². The number of nitriles is 1. The van der Waals surface area contributed by atoms with Gasteiger partial charge in [0.15, 0.2) is 0 Å². The largest absolute Gasteiger partial charge is 0.417 e. The molecule has 222 valence electrons. The molecule has 0 amide bonds. The molecule has 0 aliphatic rings. The van der Waals surface area contributed by atoms with Crippen LogP contribution < -0.4 is 0 Å². The molecule has 0 atom stereocenters. The Labute approximate surface area is 263 Å². The number of rotatable bonds is 3. The Hall–Kier alpha value is -5.80. The highest BCUT2D eigenvalue weighted by Crippen LogP contribution is 2.46. The fraction of sp³-hybridized carbons (Fsp3) is 0.0750. The van der Waals surface area contributed by atoms with Crippen molar-refractivity contribution in [2.24, 2.45) is 0 Å². The average molecular weight is 606 g/mol. The quantitative estimate of drug-likeness (QED) is 0.197. The number of benzene rings is 6. The lowest BCUT2D eigenvalue weighted by atomic mass is 9.94. The number of halogens is 3. The number of fused-ring (bicyclic) bond motifs is 6. The van der Waals surface area contributed by atoms with Crippen LogP contribution in [-0.2, 0) is 6.18 Å². The molecule has 6 aromatic carbocycles. The maximum Gasteiger partial charge on any atom is 0.417 e. The van der Waals surface area contributed by atoms with E-state index in [1.165, 1.54) is 6.07 Å². The highest BCUT2D eigenvalue weighted by atomic mass is 19.4. The van der Waals surface area contributed by atoms with Gasteiger partial charge in [0.25, 0.3) is 0 Å². The molecule has 0 aliphatic carbocycles. The predicted molar refractivity (Wildman–Crippen MR) is 180 cm³/mol. The van der Waals surface area contributed by atoms with Crippen LogP contribution in [0.2, 0.25) is 0 Å². The Balaban J connectivity index is 1.66. The number of aromatic nitrogens is 2. The lowest BCUT2D eigenvalue weighted by Gasteiger charge is -2.23. The van der Waals surface area contributed by atoms with Crippen molar-refractivity contribution in [2.45, 2.75) is 20.0 Å². The molecular weight excluding hydrogens is 579 g/mol. The van der Waals surface area contributed by atoms with Crippen LogP contribution in [0.4, 0.5) is 13.2 Å². The molecule has 8 rings (SSSR count). The van der Waals surface area contributed by atoms with Gasteiger partial charge in [-0.3, -0.25) is 0 Å². The molecule has 0 saturated carbocycles. The van der Waals surface area contributed by atoms with Gasteiger partial charge in [-0.1, -0.05) is 91.0 Å². The first-order chi connectivity index (χ1) is 22.3. The molecule has 0 saturated heterocycles. The summed E-state index contributed by atoms with van der Waals surface area (Å²) in [6.45, 7) is 4.01. The summed E-state index contributed by atoms with van der Waals surface area (Å²) >= 11 is 0. The number of hydrogen-bond donors (Lipinski definition) is 0. The summed E-state index contributed by atoms with van der Waals surface area (Å²) in [6, 6.07) is 39.4. The van der Waals surface area contributed by atoms with Crippen LogP contribution in [0, 0.1) is 25.2 Å². The molecule has 3 nitrogen and oxygen atoms in total. The molecule has 0 spiro atoms. The summed E-state index contributed by atoms with van der Waals surface area (Å²) in [7, 11) is 0. The predicted octanol–water partition coefficient (Wildman–Crippen LogP) is 11.1. The lowest BCUT2D eigenvalue weighted by molar-refractivity contribution is -0.137. The van der Waals surface area contributed by atoms with Crippen LogP contribution in [0.15, 0.2) is 121 Å². The standard InChI is InChI=1S/C40H26F3N3/c1-24-11-9-16-29-27-13-4-7-19-33(27)45(38(24)29)35-21-26(23-44)22-36(37(35)31-15-3-6-18-32(31)40(41,42)43)46-34-20-8-5-14-28(34)30-17-10-12-25(2)39(30)46/h3-22H,1-2H3. The first kappa shape index (κ1) is 27.7. The minimum absolute atomic E-state index is 0.0449. The third-order valence-electron chi connectivity index (χ3n) is 9.00. The van der Waals surface area contributed by atoms with E-state index in [1.54, 1.807) is 24.3 Å². The highest BCUT2D eigenvalue weighted by molar-refractivity contribution is 6.13. The van der Waals surface area contributed by atoms with E-state index in [0.717, 1.165) is 60.8 Å². The Morgan fingerprint density at radius 3 is 1.52 bits per heavy atom. The number of para-hydroxylation sites is 4. The Morgan fingerprint density at radius 1 is 0.565 bits per heavy atom. The van der Waals surface area contributed by atoms with E-state index in [4.69, 9.17) is 0 Å². The molecule has 2 aromatic heterocycles. The van der Waals surface area contributed by atoms with E-state index >= 15 is 0 Å². The van der Waals surface area contributed by atoms with Crippen LogP contribution in [0.1, 0.15) is 22.3 Å². The van der Waals surface area contributed by atoms with Gasteiger partial charge in [0, 0.05) is 27.1 Å². The normalized spacial score (nSPS) is 12.0. The Bertz CT molecular complexity index is 2420. The SMILES string of the molecule is Cc1cccc2c3ccccc3n(-c3cc(C#N)cc(-n4c5ccccc5c5cccc(C)c54)c3-c3ccccc3C(F)(F)F)c12. The minimum Gasteiger partial charge on any atom is -0.308 e. The van der Waals surface area contributed by atoms with Gasteiger partial charge >= 0.3 is 6.18 Å². The third kappa shape index (κ3) is 3.98. The van der Waals surface area contributed by atoms with Gasteiger partial charge in [-0.15, -0.1) is 0 Å². The molecule has 0 unspecified atom stereocenters. The summed E-state index contributed by atoms with van der Waals surface area (Å²) in [6.07, 6.45) is -4.62. The zero-order valence-electron chi connectivity index (χ0n) is 25.0. The summed E-state index contributed by atoms with van der Waals surface area (Å²) in [5.74, 6) is 0. The maximum absolute atomic E-state index is 14.9. The van der Waals surface area contributed by atoms with E-state index in [1.807, 2.05) is 108 Å². The highest BCUT2D eigenvalue weighted by Gasteiger charge is 2.35. The van der Waals surface area contributed by atoms with Crippen LogP contribution in [0.5, 0.6) is 0 Å². The fourth-order valence-corrected chi connectivity index (χ4v) is 7.13. The van der Waals surface area contributed by atoms with Crippen molar-refractivity contribution in [1.82, 2.24) is 9.13 Å². The number of alkyl halides is 3.